The maximum absolute atomic E-state index is 12.8. The van der Waals surface area contributed by atoms with Crippen LogP contribution in [0.3, 0.4) is 0 Å². The Hall–Kier alpha value is -3.11. The van der Waals surface area contributed by atoms with Crippen molar-refractivity contribution in [3.05, 3.63) is 70.2 Å². The molecule has 2 rings (SSSR count). The van der Waals surface area contributed by atoms with Crippen LogP contribution in [0, 0.1) is 0 Å². The molecule has 0 aliphatic rings. The van der Waals surface area contributed by atoms with Crippen LogP contribution in [-0.2, 0) is 20.5 Å². The van der Waals surface area contributed by atoms with Crippen molar-refractivity contribution in [1.29, 1.82) is 0 Å². The predicted octanol–water partition coefficient (Wildman–Crippen LogP) is 3.10. The summed E-state index contributed by atoms with van der Waals surface area (Å²) in [5.41, 5.74) is -0.325. The molecule has 0 saturated heterocycles. The van der Waals surface area contributed by atoms with Crippen LogP contribution in [0.5, 0.6) is 0 Å². The third-order valence-electron chi connectivity index (χ3n) is 4.68. The van der Waals surface area contributed by atoms with Crippen LogP contribution < -0.4 is 16.0 Å². The molecule has 178 valence electrons. The van der Waals surface area contributed by atoms with E-state index in [2.05, 4.69) is 16.0 Å². The number of ether oxygens (including phenoxy) is 1. The summed E-state index contributed by atoms with van der Waals surface area (Å²) in [6.07, 6.45) is -4.60. The number of nitrogens with one attached hydrogen (secondary N) is 3. The quantitative estimate of drug-likeness (QED) is 0.474. The fourth-order valence-corrected chi connectivity index (χ4v) is 2.97. The Morgan fingerprint density at radius 3 is 2.36 bits per heavy atom. The first kappa shape index (κ1) is 26.1. The van der Waals surface area contributed by atoms with E-state index in [1.54, 1.807) is 12.1 Å². The molecule has 0 spiro atoms. The average Bonchev–Trinajstić information content (AvgIpc) is 2.79. The first-order chi connectivity index (χ1) is 15.5. The van der Waals surface area contributed by atoms with Crippen molar-refractivity contribution in [3.8, 4) is 0 Å². The van der Waals surface area contributed by atoms with Gasteiger partial charge in [-0.2, -0.15) is 13.2 Å². The molecule has 3 N–H and O–H groups in total. The first-order valence-corrected chi connectivity index (χ1v) is 10.2. The van der Waals surface area contributed by atoms with Crippen molar-refractivity contribution >= 4 is 29.4 Å². The summed E-state index contributed by atoms with van der Waals surface area (Å²) >= 11 is 5.87. The molecule has 0 heterocycles. The van der Waals surface area contributed by atoms with Gasteiger partial charge >= 0.3 is 12.1 Å². The molecule has 11 heteroatoms. The Bertz CT molecular complexity index is 984. The van der Waals surface area contributed by atoms with E-state index >= 15 is 0 Å². The molecular weight excluding hydrogens is 463 g/mol. The molecule has 0 radical (unpaired) electrons. The fraction of sp³-hybridized carbons (Fsp3) is 0.318. The first-order valence-electron chi connectivity index (χ1n) is 9.82. The number of rotatable bonds is 9. The highest BCUT2D eigenvalue weighted by Crippen LogP contribution is 2.29. The van der Waals surface area contributed by atoms with Crippen LogP contribution in [0.4, 0.5) is 13.2 Å². The zero-order valence-corrected chi connectivity index (χ0v) is 18.6. The number of alkyl halides is 3. The van der Waals surface area contributed by atoms with Crippen LogP contribution in [-0.4, -0.2) is 44.0 Å². The molecule has 0 saturated carbocycles. The highest BCUT2D eigenvalue weighted by atomic mass is 35.5. The molecule has 7 nitrogen and oxygen atoms in total. The summed E-state index contributed by atoms with van der Waals surface area (Å²) in [6.45, 7) is 1.34. The number of amides is 2. The lowest BCUT2D eigenvalue weighted by atomic mass is 10.1. The highest BCUT2D eigenvalue weighted by Gasteiger charge is 2.31. The van der Waals surface area contributed by atoms with E-state index in [1.807, 2.05) is 19.1 Å². The van der Waals surface area contributed by atoms with Gasteiger partial charge in [-0.05, 0) is 42.8 Å². The third kappa shape index (κ3) is 8.07. The van der Waals surface area contributed by atoms with Gasteiger partial charge in [0.15, 0.2) is 0 Å². The summed E-state index contributed by atoms with van der Waals surface area (Å²) in [7, 11) is 1.17. The molecule has 0 aliphatic carbocycles. The summed E-state index contributed by atoms with van der Waals surface area (Å²) in [6, 6.07) is 9.66. The van der Waals surface area contributed by atoms with Gasteiger partial charge in [0, 0.05) is 23.2 Å². The minimum absolute atomic E-state index is 0.0315. The minimum atomic E-state index is -4.60. The molecule has 2 aromatic carbocycles. The second-order valence-electron chi connectivity index (χ2n) is 7.09. The lowest BCUT2D eigenvalue weighted by Gasteiger charge is -2.21. The normalized spacial score (nSPS) is 13.0. The summed E-state index contributed by atoms with van der Waals surface area (Å²) in [5.74, 6) is -2.28. The van der Waals surface area contributed by atoms with E-state index in [0.717, 1.165) is 17.7 Å². The number of halogens is 4. The monoisotopic (exact) mass is 485 g/mol. The Labute approximate surface area is 193 Å². The van der Waals surface area contributed by atoms with E-state index < -0.39 is 42.1 Å². The number of benzene rings is 2. The second kappa shape index (κ2) is 11.7. The maximum Gasteiger partial charge on any atom is 0.416 e. The van der Waals surface area contributed by atoms with Crippen molar-refractivity contribution in [3.63, 3.8) is 0 Å². The van der Waals surface area contributed by atoms with Gasteiger partial charge in [-0.1, -0.05) is 29.8 Å². The van der Waals surface area contributed by atoms with Crippen LogP contribution in [0.25, 0.3) is 0 Å². The number of hydrogen-bond acceptors (Lipinski definition) is 5. The van der Waals surface area contributed by atoms with Gasteiger partial charge in [0.1, 0.15) is 6.04 Å². The van der Waals surface area contributed by atoms with E-state index in [-0.39, 0.29) is 18.2 Å². The van der Waals surface area contributed by atoms with Crippen molar-refractivity contribution < 1.29 is 32.3 Å². The van der Waals surface area contributed by atoms with E-state index in [1.165, 1.54) is 13.2 Å². The van der Waals surface area contributed by atoms with E-state index in [0.29, 0.717) is 11.1 Å². The van der Waals surface area contributed by atoms with Gasteiger partial charge in [-0.15, -0.1) is 0 Å². The smallest absolute Gasteiger partial charge is 0.416 e. The Morgan fingerprint density at radius 1 is 1.09 bits per heavy atom. The van der Waals surface area contributed by atoms with Crippen LogP contribution >= 0.6 is 11.6 Å². The molecule has 0 aromatic heterocycles. The zero-order chi connectivity index (χ0) is 24.6. The van der Waals surface area contributed by atoms with Gasteiger partial charge in [0.2, 0.25) is 5.91 Å². The fourth-order valence-electron chi connectivity index (χ4n) is 2.84. The number of carbonyl (C=O) groups is 3. The Morgan fingerprint density at radius 2 is 1.76 bits per heavy atom. The molecular formula is C22H23ClF3N3O4. The maximum atomic E-state index is 12.8. The minimum Gasteiger partial charge on any atom is -0.467 e. The summed E-state index contributed by atoms with van der Waals surface area (Å²) in [4.78, 5) is 36.4. The molecule has 2 atom stereocenters. The Kier molecular flexibility index (Phi) is 9.24. The van der Waals surface area contributed by atoms with E-state index in [9.17, 15) is 27.6 Å². The molecule has 0 fully saturated rings. The highest BCUT2D eigenvalue weighted by molar-refractivity contribution is 6.30. The lowest BCUT2D eigenvalue weighted by Crippen LogP contribution is -2.50. The number of hydrogen-bond donors (Lipinski definition) is 3. The summed E-state index contributed by atoms with van der Waals surface area (Å²) < 4.78 is 43.1. The van der Waals surface area contributed by atoms with Crippen molar-refractivity contribution in [2.45, 2.75) is 25.2 Å². The van der Waals surface area contributed by atoms with Crippen molar-refractivity contribution in [2.24, 2.45) is 0 Å². The molecule has 0 aliphatic heterocycles. The van der Waals surface area contributed by atoms with Crippen molar-refractivity contribution in [2.75, 3.05) is 20.2 Å². The van der Waals surface area contributed by atoms with Crippen molar-refractivity contribution in [1.82, 2.24) is 16.0 Å². The van der Waals surface area contributed by atoms with Crippen LogP contribution in [0.2, 0.25) is 5.02 Å². The van der Waals surface area contributed by atoms with Gasteiger partial charge in [-0.25, -0.2) is 4.79 Å². The number of methoxy groups -OCH3 is 1. The second-order valence-corrected chi connectivity index (χ2v) is 7.52. The SMILES string of the molecule is COC(=O)[C@H](CNC(C)c1ccc(Cl)cc1)NC(=O)CNC(=O)c1cccc(C(F)(F)F)c1. The zero-order valence-electron chi connectivity index (χ0n) is 17.8. The molecule has 0 bridgehead atoms. The van der Waals surface area contributed by atoms with Gasteiger partial charge in [0.25, 0.3) is 5.91 Å². The molecule has 1 unspecified atom stereocenters. The molecule has 33 heavy (non-hydrogen) atoms. The van der Waals surface area contributed by atoms with Gasteiger partial charge < -0.3 is 20.7 Å². The topological polar surface area (TPSA) is 96.5 Å². The van der Waals surface area contributed by atoms with Gasteiger partial charge in [-0.3, -0.25) is 9.59 Å². The standard InChI is InChI=1S/C22H23ClF3N3O4/c1-13(14-6-8-17(23)9-7-14)27-11-18(21(32)33-2)29-19(30)12-28-20(31)15-4-3-5-16(10-15)22(24,25)26/h3-10,13,18,27H,11-12H2,1-2H3,(H,28,31)(H,29,30)/t13?,18-/m0/s1. The van der Waals surface area contributed by atoms with Crippen LogP contribution in [0.15, 0.2) is 48.5 Å². The molecule has 2 amide bonds. The average molecular weight is 486 g/mol. The summed E-state index contributed by atoms with van der Waals surface area (Å²) in [5, 5.41) is 8.35. The number of carbonyl (C=O) groups excluding carboxylic acids is 3. The van der Waals surface area contributed by atoms with Crippen LogP contribution in [0.1, 0.15) is 34.5 Å². The largest absolute Gasteiger partial charge is 0.467 e. The molecule has 2 aromatic rings. The Balaban J connectivity index is 1.92. The predicted molar refractivity (Wildman–Crippen MR) is 116 cm³/mol. The number of esters is 1. The van der Waals surface area contributed by atoms with E-state index in [4.69, 9.17) is 16.3 Å². The van der Waals surface area contributed by atoms with Gasteiger partial charge in [0.05, 0.1) is 19.2 Å². The lowest BCUT2D eigenvalue weighted by molar-refractivity contribution is -0.144. The third-order valence-corrected chi connectivity index (χ3v) is 4.93.